The van der Waals surface area contributed by atoms with Gasteiger partial charge in [-0.1, -0.05) is 30.3 Å². The summed E-state index contributed by atoms with van der Waals surface area (Å²) in [6.45, 7) is 0. The van der Waals surface area contributed by atoms with Gasteiger partial charge in [-0.3, -0.25) is 14.4 Å². The minimum Gasteiger partial charge on any atom is -0.292 e. The van der Waals surface area contributed by atoms with E-state index in [1.807, 2.05) is 30.3 Å². The molecule has 0 aliphatic heterocycles. The summed E-state index contributed by atoms with van der Waals surface area (Å²) in [7, 11) is 0. The van der Waals surface area contributed by atoms with E-state index in [2.05, 4.69) is 9.97 Å². The van der Waals surface area contributed by atoms with Gasteiger partial charge < -0.3 is 0 Å². The third-order valence-corrected chi connectivity index (χ3v) is 2.64. The maximum absolute atomic E-state index is 11.5. The predicted octanol–water partition coefficient (Wildman–Crippen LogP) is 0.983. The van der Waals surface area contributed by atoms with Crippen molar-refractivity contribution >= 4 is 5.65 Å². The normalized spacial score (nSPS) is 10.8. The number of rotatable bonds is 1. The van der Waals surface area contributed by atoms with Crippen LogP contribution in [-0.2, 0) is 0 Å². The quantitative estimate of drug-likeness (QED) is 0.650. The molecule has 5 heteroatoms. The van der Waals surface area contributed by atoms with Crippen molar-refractivity contribution in [2.24, 2.45) is 0 Å². The molecule has 17 heavy (non-hydrogen) atoms. The Hall–Kier alpha value is -2.56. The molecule has 3 rings (SSSR count). The Morgan fingerprint density at radius 2 is 1.71 bits per heavy atom. The Labute approximate surface area is 95.4 Å². The minimum atomic E-state index is -0.501. The topological polar surface area (TPSA) is 70.1 Å². The highest BCUT2D eigenvalue weighted by molar-refractivity contribution is 5.77. The highest BCUT2D eigenvalue weighted by Crippen LogP contribution is 2.22. The first kappa shape index (κ1) is 9.65. The molecule has 2 aromatic heterocycles. The van der Waals surface area contributed by atoms with Crippen LogP contribution in [0.4, 0.5) is 0 Å². The van der Waals surface area contributed by atoms with E-state index in [-0.39, 0.29) is 0 Å². The molecule has 0 radical (unpaired) electrons. The molecule has 1 aromatic carbocycles. The SMILES string of the molecule is O=c1[nH]c(=O)n2ccc(-c3ccccc3)c2[nH]1. The van der Waals surface area contributed by atoms with Crippen LogP contribution in [0.2, 0.25) is 0 Å². The highest BCUT2D eigenvalue weighted by Gasteiger charge is 2.07. The molecule has 0 amide bonds. The summed E-state index contributed by atoms with van der Waals surface area (Å²) < 4.78 is 1.38. The molecule has 5 nitrogen and oxygen atoms in total. The number of aromatic amines is 2. The summed E-state index contributed by atoms with van der Waals surface area (Å²) >= 11 is 0. The number of hydrogen-bond donors (Lipinski definition) is 2. The van der Waals surface area contributed by atoms with Crippen LogP contribution < -0.4 is 11.4 Å². The van der Waals surface area contributed by atoms with Crippen LogP contribution in [0.5, 0.6) is 0 Å². The molecule has 0 unspecified atom stereocenters. The van der Waals surface area contributed by atoms with Gasteiger partial charge in [0.15, 0.2) is 0 Å². The number of H-pyrrole nitrogens is 2. The molecular formula is C12H9N3O2. The zero-order valence-corrected chi connectivity index (χ0v) is 8.81. The van der Waals surface area contributed by atoms with E-state index in [0.717, 1.165) is 11.1 Å². The number of nitrogens with one attached hydrogen (secondary N) is 2. The Bertz CT molecular complexity index is 781. The van der Waals surface area contributed by atoms with E-state index < -0.39 is 11.4 Å². The van der Waals surface area contributed by atoms with Gasteiger partial charge >= 0.3 is 11.4 Å². The van der Waals surface area contributed by atoms with Crippen molar-refractivity contribution in [3.05, 3.63) is 63.6 Å². The standard InChI is InChI=1S/C12H9N3O2/c16-11-13-10-9(8-4-2-1-3-5-8)6-7-15(10)12(17)14-11/h1-7H,(H2,13,14,16,17). The average Bonchev–Trinajstić information content (AvgIpc) is 2.74. The molecule has 0 saturated heterocycles. The second kappa shape index (κ2) is 3.48. The smallest absolute Gasteiger partial charge is 0.292 e. The second-order valence-corrected chi connectivity index (χ2v) is 3.70. The largest absolute Gasteiger partial charge is 0.335 e. The van der Waals surface area contributed by atoms with E-state index in [1.165, 1.54) is 4.40 Å². The molecule has 0 aliphatic rings. The first-order valence-electron chi connectivity index (χ1n) is 5.15. The maximum Gasteiger partial charge on any atom is 0.335 e. The van der Waals surface area contributed by atoms with Gasteiger partial charge in [-0.05, 0) is 11.6 Å². The van der Waals surface area contributed by atoms with E-state index >= 15 is 0 Å². The van der Waals surface area contributed by atoms with Gasteiger partial charge in [0.1, 0.15) is 5.65 Å². The summed E-state index contributed by atoms with van der Waals surface area (Å²) in [5.41, 5.74) is 1.35. The fourth-order valence-corrected chi connectivity index (χ4v) is 1.88. The van der Waals surface area contributed by atoms with Gasteiger partial charge in [-0.2, -0.15) is 0 Å². The first-order valence-corrected chi connectivity index (χ1v) is 5.15. The summed E-state index contributed by atoms with van der Waals surface area (Å²) in [5.74, 6) is 0. The highest BCUT2D eigenvalue weighted by atomic mass is 16.2. The molecule has 0 aliphatic carbocycles. The zero-order chi connectivity index (χ0) is 11.8. The van der Waals surface area contributed by atoms with Crippen molar-refractivity contribution < 1.29 is 0 Å². The number of benzene rings is 1. The van der Waals surface area contributed by atoms with E-state index in [4.69, 9.17) is 0 Å². The van der Waals surface area contributed by atoms with Crippen molar-refractivity contribution in [2.75, 3.05) is 0 Å². The third kappa shape index (κ3) is 1.48. The fourth-order valence-electron chi connectivity index (χ4n) is 1.88. The lowest BCUT2D eigenvalue weighted by Crippen LogP contribution is -2.27. The second-order valence-electron chi connectivity index (χ2n) is 3.70. The molecule has 0 atom stereocenters. The van der Waals surface area contributed by atoms with Gasteiger partial charge in [-0.25, -0.2) is 9.59 Å². The Balaban J connectivity index is 2.40. The first-order chi connectivity index (χ1) is 8.25. The Morgan fingerprint density at radius 1 is 0.941 bits per heavy atom. The molecule has 0 spiro atoms. The zero-order valence-electron chi connectivity index (χ0n) is 8.81. The molecular weight excluding hydrogens is 218 g/mol. The minimum absolute atomic E-state index is 0.439. The monoisotopic (exact) mass is 227 g/mol. The van der Waals surface area contributed by atoms with Crippen LogP contribution in [0.1, 0.15) is 0 Å². The van der Waals surface area contributed by atoms with Crippen molar-refractivity contribution in [2.45, 2.75) is 0 Å². The molecule has 2 heterocycles. The molecule has 0 fully saturated rings. The lowest BCUT2D eigenvalue weighted by Gasteiger charge is -1.99. The van der Waals surface area contributed by atoms with Crippen molar-refractivity contribution in [1.29, 1.82) is 0 Å². The van der Waals surface area contributed by atoms with Crippen molar-refractivity contribution in [3.8, 4) is 11.1 Å². The number of nitrogens with zero attached hydrogens (tertiary/aromatic N) is 1. The van der Waals surface area contributed by atoms with Crippen LogP contribution in [0.25, 0.3) is 16.8 Å². The van der Waals surface area contributed by atoms with Crippen LogP contribution in [0.3, 0.4) is 0 Å². The van der Waals surface area contributed by atoms with Crippen LogP contribution in [0, 0.1) is 0 Å². The van der Waals surface area contributed by atoms with Gasteiger partial charge in [0, 0.05) is 11.8 Å². The third-order valence-electron chi connectivity index (χ3n) is 2.64. The summed E-state index contributed by atoms with van der Waals surface area (Å²) in [5, 5.41) is 0. The van der Waals surface area contributed by atoms with Gasteiger partial charge in [-0.15, -0.1) is 0 Å². The average molecular weight is 227 g/mol. The van der Waals surface area contributed by atoms with E-state index in [1.54, 1.807) is 12.3 Å². The molecule has 0 bridgehead atoms. The fraction of sp³-hybridized carbons (Fsp3) is 0. The number of aromatic nitrogens is 3. The lowest BCUT2D eigenvalue weighted by molar-refractivity contribution is 0.917. The molecule has 2 N–H and O–H groups in total. The number of fused-ring (bicyclic) bond motifs is 1. The summed E-state index contributed by atoms with van der Waals surface area (Å²) in [6.07, 6.45) is 1.63. The molecule has 84 valence electrons. The van der Waals surface area contributed by atoms with E-state index in [0.29, 0.717) is 5.65 Å². The van der Waals surface area contributed by atoms with Gasteiger partial charge in [0.05, 0.1) is 0 Å². The van der Waals surface area contributed by atoms with Crippen molar-refractivity contribution in [3.63, 3.8) is 0 Å². The molecule has 0 saturated carbocycles. The van der Waals surface area contributed by atoms with Gasteiger partial charge in [0.2, 0.25) is 0 Å². The van der Waals surface area contributed by atoms with Crippen LogP contribution in [0.15, 0.2) is 52.2 Å². The summed E-state index contributed by atoms with van der Waals surface area (Å²) in [4.78, 5) is 27.6. The van der Waals surface area contributed by atoms with Crippen molar-refractivity contribution in [1.82, 2.24) is 14.4 Å². The molecule has 3 aromatic rings. The predicted molar refractivity (Wildman–Crippen MR) is 64.1 cm³/mol. The Morgan fingerprint density at radius 3 is 2.47 bits per heavy atom. The van der Waals surface area contributed by atoms with E-state index in [9.17, 15) is 9.59 Å². The van der Waals surface area contributed by atoms with Gasteiger partial charge in [0.25, 0.3) is 0 Å². The summed E-state index contributed by atoms with van der Waals surface area (Å²) in [6, 6.07) is 11.4. The number of hydrogen-bond acceptors (Lipinski definition) is 2. The maximum atomic E-state index is 11.5. The van der Waals surface area contributed by atoms with Crippen LogP contribution >= 0.6 is 0 Å². The lowest BCUT2D eigenvalue weighted by atomic mass is 10.1. The Kier molecular flexibility index (Phi) is 1.98. The van der Waals surface area contributed by atoms with Crippen LogP contribution in [-0.4, -0.2) is 14.4 Å².